The van der Waals surface area contributed by atoms with Gasteiger partial charge in [0.15, 0.2) is 0 Å². The molecular formula is C13H16N2O6. The number of methoxy groups -OCH3 is 1. The van der Waals surface area contributed by atoms with Crippen LogP contribution >= 0.6 is 0 Å². The first-order valence-electron chi connectivity index (χ1n) is 6.24. The van der Waals surface area contributed by atoms with Gasteiger partial charge in [-0.3, -0.25) is 24.4 Å². The van der Waals surface area contributed by atoms with E-state index in [1.54, 1.807) is 6.92 Å². The maximum atomic E-state index is 11.9. The average Bonchev–Trinajstić information content (AvgIpc) is 2.43. The molecule has 1 heterocycles. The summed E-state index contributed by atoms with van der Waals surface area (Å²) in [4.78, 5) is 49.5. The molecule has 0 aliphatic rings. The van der Waals surface area contributed by atoms with E-state index in [0.717, 1.165) is 6.08 Å². The highest BCUT2D eigenvalue weighted by molar-refractivity contribution is 5.84. The maximum Gasteiger partial charge on any atom is 0.328 e. The summed E-state index contributed by atoms with van der Waals surface area (Å²) in [5.74, 6) is -0.519. The molecule has 8 nitrogen and oxygen atoms in total. The summed E-state index contributed by atoms with van der Waals surface area (Å²) in [6.07, 6.45) is 1.73. The number of aromatic amines is 2. The van der Waals surface area contributed by atoms with Gasteiger partial charge in [-0.15, -0.1) is 0 Å². The number of hydrogen-bond donors (Lipinski definition) is 2. The lowest BCUT2D eigenvalue weighted by Crippen LogP contribution is -2.26. The number of hydrogen-bond acceptors (Lipinski definition) is 6. The topological polar surface area (TPSA) is 118 Å². The second-order valence-corrected chi connectivity index (χ2v) is 3.95. The zero-order valence-electron chi connectivity index (χ0n) is 11.7. The van der Waals surface area contributed by atoms with Crippen molar-refractivity contribution < 1.29 is 19.1 Å². The largest absolute Gasteiger partial charge is 0.482 e. The van der Waals surface area contributed by atoms with Crippen molar-refractivity contribution in [3.05, 3.63) is 32.5 Å². The fourth-order valence-electron chi connectivity index (χ4n) is 1.75. The summed E-state index contributed by atoms with van der Waals surface area (Å²) in [5.41, 5.74) is -1.15. The lowest BCUT2D eigenvalue weighted by molar-refractivity contribution is -0.142. The number of H-pyrrole nitrogens is 2. The number of aromatic nitrogens is 2. The van der Waals surface area contributed by atoms with Crippen molar-refractivity contribution in [1.29, 1.82) is 0 Å². The van der Waals surface area contributed by atoms with E-state index in [2.05, 4.69) is 4.98 Å². The molecule has 2 N–H and O–H groups in total. The SMILES string of the molecule is CCOC(=O)CC/C(=C/C=O)c1c(OC)[nH]c(=O)[nH]c1=O. The molecule has 0 aliphatic heterocycles. The van der Waals surface area contributed by atoms with E-state index in [9.17, 15) is 19.2 Å². The number of carbonyl (C=O) groups excluding carboxylic acids is 2. The van der Waals surface area contributed by atoms with Crippen LogP contribution in [0.2, 0.25) is 0 Å². The minimum Gasteiger partial charge on any atom is -0.482 e. The van der Waals surface area contributed by atoms with Gasteiger partial charge >= 0.3 is 11.7 Å². The van der Waals surface area contributed by atoms with Gasteiger partial charge in [0.05, 0.1) is 13.7 Å². The van der Waals surface area contributed by atoms with Crippen LogP contribution in [0.15, 0.2) is 15.7 Å². The average molecular weight is 296 g/mol. The molecule has 114 valence electrons. The van der Waals surface area contributed by atoms with Crippen molar-refractivity contribution in [2.24, 2.45) is 0 Å². The molecule has 0 aromatic carbocycles. The summed E-state index contributed by atoms with van der Waals surface area (Å²) in [7, 11) is 1.28. The third-order valence-electron chi connectivity index (χ3n) is 2.61. The van der Waals surface area contributed by atoms with E-state index < -0.39 is 17.2 Å². The van der Waals surface area contributed by atoms with Crippen LogP contribution in [0.1, 0.15) is 25.3 Å². The van der Waals surface area contributed by atoms with Gasteiger partial charge in [-0.25, -0.2) is 4.79 Å². The molecule has 0 bridgehead atoms. The number of allylic oxidation sites excluding steroid dienone is 2. The van der Waals surface area contributed by atoms with Crippen molar-refractivity contribution in [2.45, 2.75) is 19.8 Å². The fraction of sp³-hybridized carbons (Fsp3) is 0.385. The Bertz CT molecular complexity index is 655. The number of esters is 1. The van der Waals surface area contributed by atoms with Gasteiger partial charge in [-0.05, 0) is 25.0 Å². The smallest absolute Gasteiger partial charge is 0.328 e. The zero-order chi connectivity index (χ0) is 15.8. The Morgan fingerprint density at radius 3 is 2.52 bits per heavy atom. The monoisotopic (exact) mass is 296 g/mol. The van der Waals surface area contributed by atoms with E-state index in [-0.39, 0.29) is 36.5 Å². The Morgan fingerprint density at radius 1 is 1.24 bits per heavy atom. The molecule has 0 unspecified atom stereocenters. The highest BCUT2D eigenvalue weighted by Gasteiger charge is 2.16. The summed E-state index contributed by atoms with van der Waals surface area (Å²) < 4.78 is 9.72. The molecule has 1 aromatic heterocycles. The van der Waals surface area contributed by atoms with Gasteiger partial charge in [0.1, 0.15) is 11.8 Å². The molecule has 8 heteroatoms. The molecule has 0 radical (unpaired) electrons. The van der Waals surface area contributed by atoms with Gasteiger partial charge in [0.25, 0.3) is 5.56 Å². The lowest BCUT2D eigenvalue weighted by Gasteiger charge is -2.09. The predicted molar refractivity (Wildman–Crippen MR) is 74.1 cm³/mol. The number of ether oxygens (including phenoxy) is 2. The Labute approximate surface area is 119 Å². The first-order chi connectivity index (χ1) is 10.0. The van der Waals surface area contributed by atoms with Crippen molar-refractivity contribution >= 4 is 17.8 Å². The molecule has 0 amide bonds. The first kappa shape index (κ1) is 16.4. The standard InChI is InChI=1S/C13H16N2O6/c1-3-21-9(17)5-4-8(6-7-16)10-11(18)14-13(19)15-12(10)20-2/h6-7H,3-5H2,1-2H3,(H2,14,15,18,19)/b8-6-. The van der Waals surface area contributed by atoms with Crippen LogP contribution in [0.5, 0.6) is 5.88 Å². The minimum atomic E-state index is -0.726. The highest BCUT2D eigenvalue weighted by Crippen LogP contribution is 2.22. The second kappa shape index (κ2) is 7.83. The van der Waals surface area contributed by atoms with Crippen LogP contribution < -0.4 is 16.0 Å². The van der Waals surface area contributed by atoms with E-state index in [0.29, 0.717) is 6.29 Å². The van der Waals surface area contributed by atoms with Crippen molar-refractivity contribution in [3.63, 3.8) is 0 Å². The summed E-state index contributed by atoms with van der Waals surface area (Å²) in [5, 5.41) is 0. The molecule has 1 rings (SSSR count). The molecule has 21 heavy (non-hydrogen) atoms. The van der Waals surface area contributed by atoms with Gasteiger partial charge in [-0.1, -0.05) is 0 Å². The lowest BCUT2D eigenvalue weighted by atomic mass is 10.0. The van der Waals surface area contributed by atoms with Crippen LogP contribution in [0.3, 0.4) is 0 Å². The van der Waals surface area contributed by atoms with Crippen LogP contribution in [-0.2, 0) is 14.3 Å². The first-order valence-corrected chi connectivity index (χ1v) is 6.24. The number of rotatable bonds is 7. The van der Waals surface area contributed by atoms with E-state index in [1.165, 1.54) is 7.11 Å². The maximum absolute atomic E-state index is 11.9. The number of carbonyl (C=O) groups is 2. The third kappa shape index (κ3) is 4.44. The Morgan fingerprint density at radius 2 is 1.95 bits per heavy atom. The van der Waals surface area contributed by atoms with Crippen LogP contribution in [0, 0.1) is 0 Å². The minimum absolute atomic E-state index is 0.00473. The highest BCUT2D eigenvalue weighted by atomic mass is 16.5. The van der Waals surface area contributed by atoms with Gasteiger partial charge in [-0.2, -0.15) is 0 Å². The molecule has 0 saturated heterocycles. The molecule has 0 fully saturated rings. The van der Waals surface area contributed by atoms with Crippen LogP contribution in [0.4, 0.5) is 0 Å². The Balaban J connectivity index is 3.16. The van der Waals surface area contributed by atoms with Gasteiger partial charge in [0, 0.05) is 6.42 Å². The van der Waals surface area contributed by atoms with E-state index >= 15 is 0 Å². The van der Waals surface area contributed by atoms with Gasteiger partial charge in [0.2, 0.25) is 5.88 Å². The zero-order valence-corrected chi connectivity index (χ0v) is 11.7. The number of nitrogens with one attached hydrogen (secondary N) is 2. The summed E-state index contributed by atoms with van der Waals surface area (Å²) in [6.45, 7) is 1.92. The Hall–Kier alpha value is -2.64. The van der Waals surface area contributed by atoms with Crippen molar-refractivity contribution in [1.82, 2.24) is 9.97 Å². The normalized spacial score (nSPS) is 11.0. The second-order valence-electron chi connectivity index (χ2n) is 3.95. The fourth-order valence-corrected chi connectivity index (χ4v) is 1.75. The molecule has 0 saturated carbocycles. The van der Waals surface area contributed by atoms with E-state index in [1.807, 2.05) is 4.98 Å². The summed E-state index contributed by atoms with van der Waals surface area (Å²) >= 11 is 0. The van der Waals surface area contributed by atoms with Crippen LogP contribution in [0.25, 0.3) is 5.57 Å². The molecule has 0 aliphatic carbocycles. The molecule has 0 atom stereocenters. The Kier molecular flexibility index (Phi) is 6.12. The quantitative estimate of drug-likeness (QED) is 0.415. The van der Waals surface area contributed by atoms with E-state index in [4.69, 9.17) is 9.47 Å². The van der Waals surface area contributed by atoms with Crippen molar-refractivity contribution in [2.75, 3.05) is 13.7 Å². The molecular weight excluding hydrogens is 280 g/mol. The van der Waals surface area contributed by atoms with Crippen molar-refractivity contribution in [3.8, 4) is 5.88 Å². The predicted octanol–water partition coefficient (Wildman–Crippen LogP) is -0.00260. The summed E-state index contributed by atoms with van der Waals surface area (Å²) in [6, 6.07) is 0. The molecule has 1 aromatic rings. The third-order valence-corrected chi connectivity index (χ3v) is 2.61. The number of aldehydes is 1. The molecule has 0 spiro atoms. The van der Waals surface area contributed by atoms with Crippen LogP contribution in [-0.4, -0.2) is 35.9 Å². The van der Waals surface area contributed by atoms with Gasteiger partial charge < -0.3 is 9.47 Å².